The molecule has 1 heterocycles. The third kappa shape index (κ3) is 5.24. The van der Waals surface area contributed by atoms with E-state index in [1.807, 2.05) is 0 Å². The third-order valence-corrected chi connectivity index (χ3v) is 4.35. The summed E-state index contributed by atoms with van der Waals surface area (Å²) < 4.78 is 61.6. The minimum Gasteiger partial charge on any atom is -0.444 e. The van der Waals surface area contributed by atoms with Crippen LogP contribution in [0.25, 0.3) is 16.6 Å². The summed E-state index contributed by atoms with van der Waals surface area (Å²) in [6.45, 7) is 5.29. The number of rotatable bonds is 5. The fourth-order valence-corrected chi connectivity index (χ4v) is 3.11. The summed E-state index contributed by atoms with van der Waals surface area (Å²) in [5.41, 5.74) is -2.00. The van der Waals surface area contributed by atoms with Crippen molar-refractivity contribution in [2.45, 2.75) is 39.2 Å². The summed E-state index contributed by atoms with van der Waals surface area (Å²) >= 11 is 0. The molecule has 170 valence electrons. The van der Waals surface area contributed by atoms with Gasteiger partial charge in [-0.1, -0.05) is 0 Å². The molecule has 0 aliphatic carbocycles. The van der Waals surface area contributed by atoms with E-state index in [1.54, 1.807) is 20.8 Å². The van der Waals surface area contributed by atoms with Gasteiger partial charge in [-0.25, -0.2) is 27.3 Å². The maximum absolute atomic E-state index is 14.3. The van der Waals surface area contributed by atoms with Crippen molar-refractivity contribution >= 4 is 17.0 Å². The summed E-state index contributed by atoms with van der Waals surface area (Å²) in [7, 11) is 0. The van der Waals surface area contributed by atoms with E-state index in [9.17, 15) is 27.2 Å². The van der Waals surface area contributed by atoms with Crippen LogP contribution >= 0.6 is 0 Å². The van der Waals surface area contributed by atoms with E-state index in [1.165, 1.54) is 0 Å². The van der Waals surface area contributed by atoms with E-state index < -0.39 is 45.9 Å². The van der Waals surface area contributed by atoms with Crippen LogP contribution in [0.1, 0.15) is 33.0 Å². The molecule has 0 fully saturated rings. The predicted molar refractivity (Wildman–Crippen MR) is 110 cm³/mol. The number of ether oxygens (including phenoxy) is 1. The average molecular weight is 451 g/mol. The highest BCUT2D eigenvalue weighted by molar-refractivity contribution is 5.78. The first-order chi connectivity index (χ1) is 15.0. The van der Waals surface area contributed by atoms with Gasteiger partial charge in [-0.2, -0.15) is 0 Å². The Morgan fingerprint density at radius 1 is 1.09 bits per heavy atom. The Morgan fingerprint density at radius 3 is 2.38 bits per heavy atom. The van der Waals surface area contributed by atoms with E-state index in [0.717, 1.165) is 28.8 Å². The Balaban J connectivity index is 1.98. The molecule has 1 aromatic heterocycles. The molecular weight excluding hydrogens is 430 g/mol. The molecule has 0 atom stereocenters. The Morgan fingerprint density at radius 2 is 1.75 bits per heavy atom. The number of aromatic nitrogens is 2. The van der Waals surface area contributed by atoms with Gasteiger partial charge in [0.2, 0.25) is 0 Å². The summed E-state index contributed by atoms with van der Waals surface area (Å²) in [4.78, 5) is 29.0. The van der Waals surface area contributed by atoms with Crippen molar-refractivity contribution in [1.82, 2.24) is 14.9 Å². The molecule has 0 aliphatic rings. The molecule has 0 saturated carbocycles. The zero-order valence-corrected chi connectivity index (χ0v) is 17.6. The molecule has 0 unspecified atom stereocenters. The number of nitrogens with one attached hydrogen (secondary N) is 1. The lowest BCUT2D eigenvalue weighted by Crippen LogP contribution is -2.33. The Bertz CT molecular complexity index is 1220. The van der Waals surface area contributed by atoms with Crippen LogP contribution in [0.15, 0.2) is 35.1 Å². The second-order valence-corrected chi connectivity index (χ2v) is 8.08. The smallest absolute Gasteiger partial charge is 0.407 e. The van der Waals surface area contributed by atoms with Gasteiger partial charge in [0, 0.05) is 19.0 Å². The lowest BCUT2D eigenvalue weighted by Gasteiger charge is -2.19. The maximum atomic E-state index is 14.3. The van der Waals surface area contributed by atoms with Crippen LogP contribution in [0, 0.1) is 23.3 Å². The number of carbonyl (C=O) groups excluding carboxylic acids is 1. The molecule has 3 aromatic rings. The Kier molecular flexibility index (Phi) is 6.52. The topological polar surface area (TPSA) is 73.2 Å². The number of hydrogen-bond acceptors (Lipinski definition) is 4. The zero-order valence-electron chi connectivity index (χ0n) is 17.6. The number of nitrogens with zero attached hydrogens (tertiary/aromatic N) is 2. The molecular formula is C22H21F4N3O3. The molecule has 0 aliphatic heterocycles. The molecule has 0 saturated heterocycles. The van der Waals surface area contributed by atoms with Crippen molar-refractivity contribution in [2.75, 3.05) is 6.54 Å². The van der Waals surface area contributed by atoms with E-state index in [-0.39, 0.29) is 36.4 Å². The molecule has 2 aromatic carbocycles. The Labute approximate surface area is 180 Å². The number of halogens is 4. The summed E-state index contributed by atoms with van der Waals surface area (Å²) in [6.07, 6.45) is -0.275. The number of fused-ring (bicyclic) bond motifs is 1. The molecule has 10 heteroatoms. The average Bonchev–Trinajstić information content (AvgIpc) is 2.66. The molecule has 3 rings (SSSR count). The number of aryl methyl sites for hydroxylation is 1. The molecule has 0 radical (unpaired) electrons. The first-order valence-corrected chi connectivity index (χ1v) is 9.79. The van der Waals surface area contributed by atoms with Crippen LogP contribution in [-0.2, 0) is 11.2 Å². The van der Waals surface area contributed by atoms with Crippen molar-refractivity contribution in [3.8, 4) is 5.69 Å². The standard InChI is InChI=1S/C22H21F4N3O3/c1-22(2,3)32-21(31)27-8-4-5-17-28-16-7-6-15(25)19(26)18(16)20(30)29(17)14-10-12(23)9-13(24)11-14/h6-7,9-11H,4-5,8H2,1-3H3,(H,27,31). The quantitative estimate of drug-likeness (QED) is 0.461. The number of hydrogen-bond donors (Lipinski definition) is 1. The van der Waals surface area contributed by atoms with Crippen LogP contribution in [0.3, 0.4) is 0 Å². The second kappa shape index (κ2) is 8.97. The highest BCUT2D eigenvalue weighted by Crippen LogP contribution is 2.20. The van der Waals surface area contributed by atoms with Gasteiger partial charge in [-0.05, 0) is 51.5 Å². The van der Waals surface area contributed by atoms with Crippen molar-refractivity contribution in [2.24, 2.45) is 0 Å². The summed E-state index contributed by atoms with van der Waals surface area (Å²) in [5.74, 6) is -4.50. The fraction of sp³-hybridized carbons (Fsp3) is 0.318. The van der Waals surface area contributed by atoms with Crippen molar-refractivity contribution in [3.05, 3.63) is 69.8 Å². The zero-order chi connectivity index (χ0) is 23.6. The van der Waals surface area contributed by atoms with E-state index in [4.69, 9.17) is 4.74 Å². The molecule has 1 amide bonds. The fourth-order valence-electron chi connectivity index (χ4n) is 3.11. The highest BCUT2D eigenvalue weighted by Gasteiger charge is 2.20. The van der Waals surface area contributed by atoms with Crippen molar-refractivity contribution < 1.29 is 27.1 Å². The predicted octanol–water partition coefficient (Wildman–Crippen LogP) is 4.40. The number of carbonyl (C=O) groups is 1. The third-order valence-electron chi connectivity index (χ3n) is 4.35. The summed E-state index contributed by atoms with van der Waals surface area (Å²) in [5, 5.41) is 1.92. The maximum Gasteiger partial charge on any atom is 0.407 e. The Hall–Kier alpha value is -3.43. The van der Waals surface area contributed by atoms with Crippen LogP contribution in [-0.4, -0.2) is 27.8 Å². The van der Waals surface area contributed by atoms with Crippen LogP contribution < -0.4 is 10.9 Å². The SMILES string of the molecule is CC(C)(C)OC(=O)NCCCc1nc2ccc(F)c(F)c2c(=O)n1-c1cc(F)cc(F)c1. The molecule has 6 nitrogen and oxygen atoms in total. The van der Waals surface area contributed by atoms with Crippen molar-refractivity contribution in [1.29, 1.82) is 0 Å². The molecule has 1 N–H and O–H groups in total. The van der Waals surface area contributed by atoms with Gasteiger partial charge in [0.05, 0.1) is 11.2 Å². The van der Waals surface area contributed by atoms with E-state index in [2.05, 4.69) is 10.3 Å². The lowest BCUT2D eigenvalue weighted by molar-refractivity contribution is 0.0527. The largest absolute Gasteiger partial charge is 0.444 e. The minimum absolute atomic E-state index is 0.0597. The number of amides is 1. The molecule has 0 bridgehead atoms. The van der Waals surface area contributed by atoms with Gasteiger partial charge in [-0.3, -0.25) is 9.36 Å². The normalized spacial score (nSPS) is 11.6. The van der Waals surface area contributed by atoms with Gasteiger partial charge < -0.3 is 10.1 Å². The van der Waals surface area contributed by atoms with Crippen molar-refractivity contribution in [3.63, 3.8) is 0 Å². The highest BCUT2D eigenvalue weighted by atomic mass is 19.2. The monoisotopic (exact) mass is 451 g/mol. The number of benzene rings is 2. The summed E-state index contributed by atoms with van der Waals surface area (Å²) in [6, 6.07) is 4.38. The van der Waals surface area contributed by atoms with Crippen LogP contribution in [0.4, 0.5) is 22.4 Å². The first-order valence-electron chi connectivity index (χ1n) is 9.79. The second-order valence-electron chi connectivity index (χ2n) is 8.08. The van der Waals surface area contributed by atoms with Crippen LogP contribution in [0.2, 0.25) is 0 Å². The minimum atomic E-state index is -1.40. The lowest BCUT2D eigenvalue weighted by atomic mass is 10.2. The van der Waals surface area contributed by atoms with Gasteiger partial charge in [0.1, 0.15) is 28.4 Å². The number of alkyl carbamates (subject to hydrolysis) is 1. The van der Waals surface area contributed by atoms with Gasteiger partial charge >= 0.3 is 6.09 Å². The van der Waals surface area contributed by atoms with Gasteiger partial charge in [-0.15, -0.1) is 0 Å². The van der Waals surface area contributed by atoms with E-state index in [0.29, 0.717) is 6.07 Å². The molecule has 32 heavy (non-hydrogen) atoms. The van der Waals surface area contributed by atoms with Gasteiger partial charge in [0.25, 0.3) is 5.56 Å². The molecule has 0 spiro atoms. The first kappa shape index (κ1) is 23.2. The van der Waals surface area contributed by atoms with Gasteiger partial charge in [0.15, 0.2) is 11.6 Å². The van der Waals surface area contributed by atoms with Crippen LogP contribution in [0.5, 0.6) is 0 Å². The van der Waals surface area contributed by atoms with E-state index >= 15 is 0 Å².